The number of aryl methyl sites for hydroxylation is 1. The number of piperidine rings is 1. The maximum atomic E-state index is 14.4. The molecule has 0 N–H and O–H groups in total. The van der Waals surface area contributed by atoms with Crippen molar-refractivity contribution in [2.75, 3.05) is 49.6 Å². The van der Waals surface area contributed by atoms with Gasteiger partial charge in [0, 0.05) is 50.9 Å². The summed E-state index contributed by atoms with van der Waals surface area (Å²) < 4.78 is 26.1. The van der Waals surface area contributed by atoms with E-state index in [2.05, 4.69) is 36.9 Å². The van der Waals surface area contributed by atoms with Crippen LogP contribution in [0.4, 0.5) is 16.0 Å². The summed E-state index contributed by atoms with van der Waals surface area (Å²) in [5.41, 5.74) is 0.671. The fourth-order valence-corrected chi connectivity index (χ4v) is 8.26. The number of likely N-dealkylation sites (tertiary alicyclic amines) is 1. The molecule has 1 atom stereocenters. The molecule has 4 heterocycles. The summed E-state index contributed by atoms with van der Waals surface area (Å²) in [5.74, 6) is 3.08. The minimum Gasteiger partial charge on any atom is -0.451 e. The minimum atomic E-state index is -0.480. The Morgan fingerprint density at radius 1 is 1.04 bits per heavy atom. The molecular formula is C37H52FN7O3. The van der Waals surface area contributed by atoms with Gasteiger partial charge in [-0.15, -0.1) is 0 Å². The molecule has 11 heteroatoms. The van der Waals surface area contributed by atoms with Crippen LogP contribution < -0.4 is 14.5 Å². The van der Waals surface area contributed by atoms with Gasteiger partial charge in [0.2, 0.25) is 0 Å². The van der Waals surface area contributed by atoms with Gasteiger partial charge in [-0.25, -0.2) is 14.4 Å². The highest BCUT2D eigenvalue weighted by atomic mass is 19.1. The third-order valence-corrected chi connectivity index (χ3v) is 11.0. The van der Waals surface area contributed by atoms with E-state index in [-0.39, 0.29) is 23.6 Å². The first-order valence-corrected chi connectivity index (χ1v) is 17.8. The van der Waals surface area contributed by atoms with Crippen molar-refractivity contribution in [3.63, 3.8) is 0 Å². The average Bonchev–Trinajstić information content (AvgIpc) is 3.72. The molecule has 1 spiro atoms. The maximum absolute atomic E-state index is 14.4. The Labute approximate surface area is 284 Å². The quantitative estimate of drug-likeness (QED) is 0.229. The average molecular weight is 662 g/mol. The molecule has 10 nitrogen and oxygen atoms in total. The van der Waals surface area contributed by atoms with Crippen molar-refractivity contribution in [3.05, 3.63) is 53.9 Å². The lowest BCUT2D eigenvalue weighted by atomic mass is 9.66. The number of anilines is 2. The highest BCUT2D eigenvalue weighted by Gasteiger charge is 2.40. The largest absolute Gasteiger partial charge is 0.451 e. The van der Waals surface area contributed by atoms with Crippen LogP contribution in [0.2, 0.25) is 0 Å². The lowest BCUT2D eigenvalue weighted by Crippen LogP contribution is -2.46. The van der Waals surface area contributed by atoms with Gasteiger partial charge < -0.3 is 28.9 Å². The van der Waals surface area contributed by atoms with Gasteiger partial charge in [-0.3, -0.25) is 4.79 Å². The van der Waals surface area contributed by atoms with Crippen molar-refractivity contribution >= 4 is 17.5 Å². The Bertz CT molecular complexity index is 1540. The molecule has 3 fully saturated rings. The lowest BCUT2D eigenvalue weighted by molar-refractivity contribution is 0.0561. The number of carbonyl (C=O) groups excluding carboxylic acids is 1. The standard InChI is InChI=1S/C37H52FN7O3/c1-25(2)45(26(3)4)36(46)31-20-29(38)7-8-32(31)47-33-21-39-24-40-35(33)44-16-11-28(23-44)22-43-17-14-37(15-18-43)12-9-30(10-13-37)42(6)34-19-27(5)48-41-34/h7-8,19-21,24-26,28,30H,9-18,22-23H2,1-6H3/t28-/m0/s1. The van der Waals surface area contributed by atoms with Crippen LogP contribution in [0.15, 0.2) is 41.3 Å². The summed E-state index contributed by atoms with van der Waals surface area (Å²) in [6.45, 7) is 14.9. The van der Waals surface area contributed by atoms with Crippen LogP contribution >= 0.6 is 0 Å². The SMILES string of the molecule is Cc1cc(N(C)C2CCC3(CC2)CCN(C[C@@H]2CCN(c4ncncc4Oc4ccc(F)cc4C(=O)N(C(C)C)C(C)C)C2)CC3)no1. The van der Waals surface area contributed by atoms with Gasteiger partial charge in [-0.05, 0) is 122 Å². The number of amides is 1. The van der Waals surface area contributed by atoms with Crippen molar-refractivity contribution in [1.29, 1.82) is 0 Å². The second-order valence-corrected chi connectivity index (χ2v) is 14.9. The topological polar surface area (TPSA) is 91.1 Å². The predicted molar refractivity (Wildman–Crippen MR) is 185 cm³/mol. The number of aromatic nitrogens is 3. The van der Waals surface area contributed by atoms with Gasteiger partial charge in [-0.2, -0.15) is 0 Å². The molecule has 1 aromatic carbocycles. The van der Waals surface area contributed by atoms with Gasteiger partial charge in [-0.1, -0.05) is 5.16 Å². The highest BCUT2D eigenvalue weighted by molar-refractivity contribution is 5.97. The number of halogens is 1. The van der Waals surface area contributed by atoms with Crippen LogP contribution in [0, 0.1) is 24.1 Å². The normalized spacial score (nSPS) is 20.2. The summed E-state index contributed by atoms with van der Waals surface area (Å²) in [4.78, 5) is 31.4. The van der Waals surface area contributed by atoms with Crippen LogP contribution in [0.1, 0.15) is 88.8 Å². The molecule has 3 aliphatic rings. The predicted octanol–water partition coefficient (Wildman–Crippen LogP) is 6.95. The third kappa shape index (κ3) is 7.46. The summed E-state index contributed by atoms with van der Waals surface area (Å²) in [6.07, 6.45) is 11.8. The first kappa shape index (κ1) is 34.1. The Balaban J connectivity index is 1.04. The highest BCUT2D eigenvalue weighted by Crippen LogP contribution is 2.46. The van der Waals surface area contributed by atoms with Crippen molar-refractivity contribution in [1.82, 2.24) is 24.9 Å². The van der Waals surface area contributed by atoms with Crippen LogP contribution in [-0.4, -0.2) is 88.7 Å². The lowest BCUT2D eigenvalue weighted by Gasteiger charge is -2.47. The van der Waals surface area contributed by atoms with Crippen molar-refractivity contribution < 1.29 is 18.4 Å². The molecule has 0 unspecified atom stereocenters. The first-order chi connectivity index (χ1) is 23.0. The van der Waals surface area contributed by atoms with E-state index in [4.69, 9.17) is 9.26 Å². The third-order valence-electron chi connectivity index (χ3n) is 11.0. The Morgan fingerprint density at radius 3 is 2.44 bits per heavy atom. The van der Waals surface area contributed by atoms with E-state index in [1.165, 1.54) is 63.1 Å². The second-order valence-electron chi connectivity index (χ2n) is 14.9. The fraction of sp³-hybridized carbons (Fsp3) is 0.622. The van der Waals surface area contributed by atoms with E-state index in [1.54, 1.807) is 11.1 Å². The first-order valence-electron chi connectivity index (χ1n) is 17.8. The molecular weight excluding hydrogens is 609 g/mol. The molecule has 2 aromatic heterocycles. The molecule has 2 aliphatic heterocycles. The summed E-state index contributed by atoms with van der Waals surface area (Å²) in [6, 6.07) is 6.58. The monoisotopic (exact) mass is 661 g/mol. The molecule has 6 rings (SSSR count). The molecule has 48 heavy (non-hydrogen) atoms. The van der Waals surface area contributed by atoms with Gasteiger partial charge in [0.05, 0.1) is 11.8 Å². The molecule has 3 aromatic rings. The zero-order chi connectivity index (χ0) is 34.0. The van der Waals surface area contributed by atoms with Crippen LogP contribution in [0.25, 0.3) is 0 Å². The van der Waals surface area contributed by atoms with E-state index in [1.807, 2.05) is 40.7 Å². The molecule has 1 amide bonds. The summed E-state index contributed by atoms with van der Waals surface area (Å²) >= 11 is 0. The summed E-state index contributed by atoms with van der Waals surface area (Å²) in [5, 5.41) is 4.23. The summed E-state index contributed by atoms with van der Waals surface area (Å²) in [7, 11) is 2.15. The van der Waals surface area contributed by atoms with Crippen molar-refractivity contribution in [3.8, 4) is 11.5 Å². The number of ether oxygens (including phenoxy) is 1. The molecule has 260 valence electrons. The van der Waals surface area contributed by atoms with Crippen LogP contribution in [0.5, 0.6) is 11.5 Å². The Kier molecular flexibility index (Phi) is 10.2. The molecule has 1 saturated carbocycles. The van der Waals surface area contributed by atoms with Gasteiger partial charge >= 0.3 is 0 Å². The van der Waals surface area contributed by atoms with Crippen molar-refractivity contribution in [2.24, 2.45) is 11.3 Å². The van der Waals surface area contributed by atoms with E-state index < -0.39 is 5.82 Å². The van der Waals surface area contributed by atoms with E-state index in [0.29, 0.717) is 34.7 Å². The smallest absolute Gasteiger partial charge is 0.258 e. The number of nitrogens with zero attached hydrogens (tertiary/aromatic N) is 7. The number of benzene rings is 1. The minimum absolute atomic E-state index is 0.0476. The Morgan fingerprint density at radius 2 is 1.77 bits per heavy atom. The van der Waals surface area contributed by atoms with Crippen LogP contribution in [0.3, 0.4) is 0 Å². The molecule has 0 bridgehead atoms. The van der Waals surface area contributed by atoms with Gasteiger partial charge in [0.25, 0.3) is 5.91 Å². The van der Waals surface area contributed by atoms with Crippen molar-refractivity contribution in [2.45, 2.75) is 97.7 Å². The van der Waals surface area contributed by atoms with Gasteiger partial charge in [0.15, 0.2) is 17.4 Å². The fourth-order valence-electron chi connectivity index (χ4n) is 8.26. The molecule has 0 radical (unpaired) electrons. The van der Waals surface area contributed by atoms with Crippen LogP contribution in [-0.2, 0) is 0 Å². The number of rotatable bonds is 10. The number of hydrogen-bond donors (Lipinski definition) is 0. The molecule has 1 aliphatic carbocycles. The zero-order valence-electron chi connectivity index (χ0n) is 29.5. The van der Waals surface area contributed by atoms with E-state index >= 15 is 0 Å². The van der Waals surface area contributed by atoms with E-state index in [0.717, 1.165) is 50.7 Å². The number of hydrogen-bond acceptors (Lipinski definition) is 9. The van der Waals surface area contributed by atoms with Gasteiger partial charge in [0.1, 0.15) is 23.7 Å². The maximum Gasteiger partial charge on any atom is 0.258 e. The number of carbonyl (C=O) groups is 1. The molecule has 2 saturated heterocycles. The second kappa shape index (κ2) is 14.4. The van der Waals surface area contributed by atoms with E-state index in [9.17, 15) is 9.18 Å². The Hall–Kier alpha value is -3.73. The zero-order valence-corrected chi connectivity index (χ0v) is 29.5.